The first-order valence-corrected chi connectivity index (χ1v) is 24.0. The predicted octanol–water partition coefficient (Wildman–Crippen LogP) is 12.4. The van der Waals surface area contributed by atoms with Gasteiger partial charge in [0, 0.05) is 0 Å². The van der Waals surface area contributed by atoms with Crippen molar-refractivity contribution in [2.24, 2.45) is 0 Å². The summed E-state index contributed by atoms with van der Waals surface area (Å²) in [4.78, 5) is 1.80. The van der Waals surface area contributed by atoms with E-state index in [-0.39, 0.29) is 31.1 Å². The van der Waals surface area contributed by atoms with Gasteiger partial charge in [-0.2, -0.15) is 0 Å². The Morgan fingerprint density at radius 2 is 0.661 bits per heavy atom. The van der Waals surface area contributed by atoms with E-state index < -0.39 is 29.5 Å². The quantitative estimate of drug-likeness (QED) is 0.165. The second-order valence-corrected chi connectivity index (χ2v) is 23.5. The first kappa shape index (κ1) is 47.1. The van der Waals surface area contributed by atoms with Gasteiger partial charge in [-0.25, -0.2) is 25.3 Å². The second kappa shape index (κ2) is 18.4. The molecule has 0 saturated heterocycles. The fourth-order valence-electron chi connectivity index (χ4n) is 5.93. The summed E-state index contributed by atoms with van der Waals surface area (Å²) in [6.07, 6.45) is 0. The van der Waals surface area contributed by atoms with Gasteiger partial charge in [0.1, 0.15) is 0 Å². The topological polar surface area (TPSA) is 102 Å². The molecule has 0 amide bonds. The van der Waals surface area contributed by atoms with Crippen LogP contribution in [-0.2, 0) is 45.8 Å². The van der Waals surface area contributed by atoms with Crippen molar-refractivity contribution in [3.63, 3.8) is 0 Å². The maximum atomic E-state index is 12.6. The van der Waals surface area contributed by atoms with Gasteiger partial charge in [0.15, 0.2) is 0 Å². The number of halogens is 1. The Hall–Kier alpha value is -4.54. The summed E-state index contributed by atoms with van der Waals surface area (Å²) in [7, 11) is -10.4. The number of aryl methyl sites for hydroxylation is 1. The van der Waals surface area contributed by atoms with Gasteiger partial charge in [0.25, 0.3) is 0 Å². The summed E-state index contributed by atoms with van der Waals surface area (Å²) in [5, 5.41) is 0.265. The number of hydrogen-bond acceptors (Lipinski definition) is 6. The van der Waals surface area contributed by atoms with E-state index in [1.807, 2.05) is 49.4 Å². The van der Waals surface area contributed by atoms with Crippen LogP contribution in [0.5, 0.6) is 0 Å². The van der Waals surface area contributed by atoms with E-state index >= 15 is 0 Å². The Balaban J connectivity index is 0.000000196. The summed E-state index contributed by atoms with van der Waals surface area (Å²) < 4.78 is 75.1. The minimum absolute atomic E-state index is 0.0137. The van der Waals surface area contributed by atoms with Crippen molar-refractivity contribution in [2.45, 2.75) is 115 Å². The third kappa shape index (κ3) is 11.8. The maximum Gasteiger partial charge on any atom is 0.208 e. The smallest absolute Gasteiger partial charge is 0.208 e. The van der Waals surface area contributed by atoms with E-state index in [2.05, 4.69) is 62.3 Å². The van der Waals surface area contributed by atoms with E-state index in [1.54, 1.807) is 109 Å². The van der Waals surface area contributed by atoms with Crippen LogP contribution in [0.1, 0.15) is 84.6 Å². The third-order valence-electron chi connectivity index (χ3n) is 9.61. The molecule has 0 unspecified atom stereocenters. The molecule has 0 saturated carbocycles. The highest BCUT2D eigenvalue weighted by molar-refractivity contribution is 7.92. The van der Waals surface area contributed by atoms with Crippen molar-refractivity contribution < 1.29 is 25.3 Å². The van der Waals surface area contributed by atoms with E-state index in [4.69, 9.17) is 11.6 Å². The zero-order chi connectivity index (χ0) is 44.0. The van der Waals surface area contributed by atoms with Gasteiger partial charge in [-0.05, 0) is 112 Å². The fraction of sp³-hybridized carbons (Fsp3) is 0.265. The normalized spacial score (nSPS) is 12.4. The van der Waals surface area contributed by atoms with Crippen LogP contribution < -0.4 is 0 Å². The molecule has 0 aromatic heterocycles. The van der Waals surface area contributed by atoms with Crippen LogP contribution in [0.15, 0.2) is 181 Å². The molecule has 0 N–H and O–H groups in total. The zero-order valence-corrected chi connectivity index (χ0v) is 38.7. The van der Waals surface area contributed by atoms with Gasteiger partial charge in [-0.1, -0.05) is 159 Å². The van der Waals surface area contributed by atoms with Crippen LogP contribution in [0.25, 0.3) is 0 Å². The molecule has 0 aliphatic carbocycles. The highest BCUT2D eigenvalue weighted by Crippen LogP contribution is 2.33. The predicted molar refractivity (Wildman–Crippen MR) is 241 cm³/mol. The summed E-state index contributed by atoms with van der Waals surface area (Å²) in [5.74, 6) is 0. The SMILES string of the molecule is CC(C)(C)c1ccc(S(=O)(=O)c2ccccc2)c(Cl)c1.CC(C)(C)c1ccc(S(=O)(=O)c2ccccc2)cc1.Cc1cc(C(C)(C)C)ccc1S(=O)(=O)c1ccccc1. The fourth-order valence-corrected chi connectivity index (χ4v) is 10.5. The van der Waals surface area contributed by atoms with Crippen molar-refractivity contribution in [2.75, 3.05) is 0 Å². The number of sulfone groups is 3. The van der Waals surface area contributed by atoms with Gasteiger partial charge >= 0.3 is 0 Å². The lowest BCUT2D eigenvalue weighted by Crippen LogP contribution is -2.12. The molecule has 6 aromatic rings. The van der Waals surface area contributed by atoms with E-state index in [9.17, 15) is 25.3 Å². The largest absolute Gasteiger partial charge is 0.219 e. The standard InChI is InChI=1S/C17H20O2S.C16H17ClO2S.C16H18O2S/c1-13-12-14(17(2,3)4)10-11-16(13)20(18,19)15-8-6-5-7-9-15;1-16(2,3)12-9-10-15(14(17)11-12)20(18,19)13-7-5-4-6-8-13;1-16(2,3)13-9-11-15(12-10-13)19(17,18)14-7-5-4-6-8-14/h5-12H,1-4H3;4-11H,1-3H3;4-12H,1-3H3. The van der Waals surface area contributed by atoms with Gasteiger partial charge in [0.2, 0.25) is 29.5 Å². The first-order valence-electron chi connectivity index (χ1n) is 19.2. The molecule has 0 aliphatic heterocycles. The Kier molecular flexibility index (Phi) is 14.7. The minimum atomic E-state index is -3.56. The van der Waals surface area contributed by atoms with Crippen molar-refractivity contribution in [3.8, 4) is 0 Å². The lowest BCUT2D eigenvalue weighted by atomic mass is 9.86. The van der Waals surface area contributed by atoms with E-state index in [1.165, 1.54) is 0 Å². The molecule has 0 spiro atoms. The van der Waals surface area contributed by atoms with Gasteiger partial charge in [0.05, 0.1) is 34.4 Å². The molecule has 0 bridgehead atoms. The molecular formula is C49H55ClO6S3. The molecule has 6 aromatic carbocycles. The number of benzene rings is 6. The van der Waals surface area contributed by atoms with Crippen LogP contribution in [0, 0.1) is 6.92 Å². The summed E-state index contributed by atoms with van der Waals surface area (Å²) in [5.41, 5.74) is 4.03. The van der Waals surface area contributed by atoms with Crippen molar-refractivity contribution >= 4 is 41.1 Å². The summed E-state index contributed by atoms with van der Waals surface area (Å²) in [6, 6.07) is 43.3. The molecule has 0 atom stereocenters. The Morgan fingerprint density at radius 3 is 1.02 bits per heavy atom. The minimum Gasteiger partial charge on any atom is -0.219 e. The molecule has 0 heterocycles. The van der Waals surface area contributed by atoms with Gasteiger partial charge in [-0.15, -0.1) is 0 Å². The van der Waals surface area contributed by atoms with Gasteiger partial charge < -0.3 is 0 Å². The number of hydrogen-bond donors (Lipinski definition) is 0. The highest BCUT2D eigenvalue weighted by atomic mass is 35.5. The van der Waals surface area contributed by atoms with Crippen molar-refractivity contribution in [3.05, 3.63) is 179 Å². The Labute approximate surface area is 358 Å². The molecule has 59 heavy (non-hydrogen) atoms. The maximum absolute atomic E-state index is 12.6. The molecule has 6 rings (SSSR count). The van der Waals surface area contributed by atoms with Gasteiger partial charge in [-0.3, -0.25) is 0 Å². The van der Waals surface area contributed by atoms with Crippen LogP contribution in [-0.4, -0.2) is 25.3 Å². The highest BCUT2D eigenvalue weighted by Gasteiger charge is 2.24. The monoisotopic (exact) mass is 870 g/mol. The van der Waals surface area contributed by atoms with Crippen LogP contribution >= 0.6 is 11.6 Å². The van der Waals surface area contributed by atoms with E-state index in [0.717, 1.165) is 22.3 Å². The average molecular weight is 872 g/mol. The molecule has 6 nitrogen and oxygen atoms in total. The van der Waals surface area contributed by atoms with Crippen molar-refractivity contribution in [1.29, 1.82) is 0 Å². The van der Waals surface area contributed by atoms with Crippen LogP contribution in [0.3, 0.4) is 0 Å². The Bertz CT molecular complexity index is 2550. The summed E-state index contributed by atoms with van der Waals surface area (Å²) >= 11 is 6.19. The number of rotatable bonds is 6. The molecule has 0 fully saturated rings. The Morgan fingerprint density at radius 1 is 0.356 bits per heavy atom. The average Bonchev–Trinajstić information content (AvgIpc) is 3.18. The summed E-state index contributed by atoms with van der Waals surface area (Å²) in [6.45, 7) is 20.7. The molecule has 312 valence electrons. The molecule has 0 aliphatic rings. The molecule has 0 radical (unpaired) electrons. The molecule has 10 heteroatoms. The first-order chi connectivity index (χ1) is 27.3. The lowest BCUT2D eigenvalue weighted by molar-refractivity contribution is 0.585. The lowest BCUT2D eigenvalue weighted by Gasteiger charge is -2.20. The molecular weight excluding hydrogens is 816 g/mol. The van der Waals surface area contributed by atoms with E-state index in [0.29, 0.717) is 19.6 Å². The zero-order valence-electron chi connectivity index (χ0n) is 35.5. The third-order valence-corrected chi connectivity index (χ3v) is 15.6. The second-order valence-electron chi connectivity index (χ2n) is 17.3. The van der Waals surface area contributed by atoms with Crippen LogP contribution in [0.2, 0.25) is 5.02 Å². The van der Waals surface area contributed by atoms with Crippen LogP contribution in [0.4, 0.5) is 0 Å². The van der Waals surface area contributed by atoms with Crippen molar-refractivity contribution in [1.82, 2.24) is 0 Å².